The molecule has 1 saturated carbocycles. The number of nitrogens with zero attached hydrogens (tertiary/aromatic N) is 1. The second-order valence-corrected chi connectivity index (χ2v) is 8.15. The molecule has 3 amide bonds. The van der Waals surface area contributed by atoms with Gasteiger partial charge in [0, 0.05) is 0 Å². The molecule has 1 unspecified atom stereocenters. The van der Waals surface area contributed by atoms with Crippen molar-refractivity contribution in [3.8, 4) is 0 Å². The van der Waals surface area contributed by atoms with E-state index in [0.717, 1.165) is 12.8 Å². The Morgan fingerprint density at radius 3 is 2.40 bits per heavy atom. The maximum absolute atomic E-state index is 13.5. The average molecular weight is 406 g/mol. The van der Waals surface area contributed by atoms with Crippen LogP contribution in [0.1, 0.15) is 38.2 Å². The zero-order chi connectivity index (χ0) is 21.4. The number of para-hydroxylation sites is 2. The second-order valence-electron chi connectivity index (χ2n) is 8.15. The van der Waals surface area contributed by atoms with Gasteiger partial charge in [0.2, 0.25) is 11.8 Å². The number of fused-ring (bicyclic) bond motifs is 1. The number of benzene rings is 2. The fourth-order valence-electron chi connectivity index (χ4n) is 4.56. The molecule has 1 spiro atoms. The van der Waals surface area contributed by atoms with Crippen LogP contribution >= 0.6 is 0 Å². The minimum Gasteiger partial charge on any atom is -0.368 e. The van der Waals surface area contributed by atoms with Crippen molar-refractivity contribution in [3.05, 3.63) is 60.2 Å². The molecule has 4 rings (SSSR count). The Labute approximate surface area is 175 Å². The summed E-state index contributed by atoms with van der Waals surface area (Å²) in [4.78, 5) is 40.4. The first-order valence-electron chi connectivity index (χ1n) is 10.2. The molecule has 1 heterocycles. The van der Waals surface area contributed by atoms with Crippen molar-refractivity contribution in [2.24, 2.45) is 5.73 Å². The third-order valence-corrected chi connectivity index (χ3v) is 6.36. The Hall–Kier alpha value is -3.19. The van der Waals surface area contributed by atoms with E-state index >= 15 is 0 Å². The fourth-order valence-corrected chi connectivity index (χ4v) is 4.56. The lowest BCUT2D eigenvalue weighted by Crippen LogP contribution is -2.63. The SMILES string of the molecule is CC(NCC(=O)N1c2ccccc2NC(=O)C12CCCC2)(C(N)=O)c1ccccc1. The Kier molecular flexibility index (Phi) is 5.07. The van der Waals surface area contributed by atoms with Gasteiger partial charge >= 0.3 is 0 Å². The highest BCUT2D eigenvalue weighted by Crippen LogP contribution is 2.45. The van der Waals surface area contributed by atoms with E-state index in [4.69, 9.17) is 5.73 Å². The van der Waals surface area contributed by atoms with Crippen molar-refractivity contribution < 1.29 is 14.4 Å². The molecule has 7 nitrogen and oxygen atoms in total. The number of primary amides is 1. The van der Waals surface area contributed by atoms with Crippen molar-refractivity contribution >= 4 is 29.1 Å². The standard InChI is InChI=1S/C23H26N4O3/c1-22(20(24)29,16-9-3-2-4-10-16)25-15-19(28)27-18-12-6-5-11-17(18)26-21(30)23(27)13-7-8-14-23/h2-6,9-12,25H,7-8,13-15H2,1H3,(H2,24,29)(H,26,30). The van der Waals surface area contributed by atoms with Crippen LogP contribution in [-0.2, 0) is 19.9 Å². The van der Waals surface area contributed by atoms with Gasteiger partial charge in [-0.3, -0.25) is 24.6 Å². The summed E-state index contributed by atoms with van der Waals surface area (Å²) in [6.07, 6.45) is 3.00. The Morgan fingerprint density at radius 1 is 1.10 bits per heavy atom. The van der Waals surface area contributed by atoms with Gasteiger partial charge < -0.3 is 11.1 Å². The minimum atomic E-state index is -1.21. The number of carbonyl (C=O) groups excluding carboxylic acids is 3. The summed E-state index contributed by atoms with van der Waals surface area (Å²) in [5.74, 6) is -0.982. The van der Waals surface area contributed by atoms with Gasteiger partial charge in [0.05, 0.1) is 17.9 Å². The first-order valence-corrected chi connectivity index (χ1v) is 10.2. The zero-order valence-corrected chi connectivity index (χ0v) is 17.0. The monoisotopic (exact) mass is 406 g/mol. The summed E-state index contributed by atoms with van der Waals surface area (Å²) in [6.45, 7) is 1.54. The summed E-state index contributed by atoms with van der Waals surface area (Å²) in [5, 5.41) is 6.03. The number of anilines is 2. The largest absolute Gasteiger partial charge is 0.368 e. The third kappa shape index (κ3) is 3.15. The summed E-state index contributed by atoms with van der Waals surface area (Å²) in [6, 6.07) is 16.4. The first-order chi connectivity index (χ1) is 14.4. The predicted octanol–water partition coefficient (Wildman–Crippen LogP) is 2.27. The van der Waals surface area contributed by atoms with E-state index in [-0.39, 0.29) is 18.4 Å². The number of amides is 3. The van der Waals surface area contributed by atoms with Gasteiger partial charge in [-0.15, -0.1) is 0 Å². The highest BCUT2D eigenvalue weighted by Gasteiger charge is 2.52. The average Bonchev–Trinajstić information content (AvgIpc) is 3.23. The van der Waals surface area contributed by atoms with Crippen molar-refractivity contribution in [1.29, 1.82) is 0 Å². The van der Waals surface area contributed by atoms with E-state index in [0.29, 0.717) is 29.8 Å². The molecule has 2 aromatic carbocycles. The number of nitrogens with one attached hydrogen (secondary N) is 2. The van der Waals surface area contributed by atoms with Gasteiger partial charge in [-0.25, -0.2) is 0 Å². The van der Waals surface area contributed by atoms with Crippen molar-refractivity contribution in [2.75, 3.05) is 16.8 Å². The summed E-state index contributed by atoms with van der Waals surface area (Å²) in [7, 11) is 0. The summed E-state index contributed by atoms with van der Waals surface area (Å²) < 4.78 is 0. The molecule has 0 aromatic heterocycles. The lowest BCUT2D eigenvalue weighted by atomic mass is 9.89. The van der Waals surface area contributed by atoms with Crippen LogP contribution in [0.3, 0.4) is 0 Å². The maximum Gasteiger partial charge on any atom is 0.250 e. The molecular weight excluding hydrogens is 380 g/mol. The van der Waals surface area contributed by atoms with Gasteiger partial charge in [-0.05, 0) is 37.5 Å². The van der Waals surface area contributed by atoms with Crippen LogP contribution in [0.2, 0.25) is 0 Å². The van der Waals surface area contributed by atoms with Crippen molar-refractivity contribution in [2.45, 2.75) is 43.7 Å². The lowest BCUT2D eigenvalue weighted by molar-refractivity contribution is -0.128. The van der Waals surface area contributed by atoms with Gasteiger partial charge in [-0.2, -0.15) is 0 Å². The number of carbonyl (C=O) groups is 3. The molecule has 1 aliphatic heterocycles. The van der Waals surface area contributed by atoms with Crippen LogP contribution in [0.4, 0.5) is 11.4 Å². The van der Waals surface area contributed by atoms with Crippen LogP contribution in [0.5, 0.6) is 0 Å². The number of nitrogens with two attached hydrogens (primary N) is 1. The molecule has 0 saturated heterocycles. The highest BCUT2D eigenvalue weighted by atomic mass is 16.2. The molecule has 30 heavy (non-hydrogen) atoms. The molecule has 156 valence electrons. The molecule has 1 fully saturated rings. The maximum atomic E-state index is 13.5. The number of rotatable bonds is 5. The van der Waals surface area contributed by atoms with E-state index in [2.05, 4.69) is 10.6 Å². The molecule has 4 N–H and O–H groups in total. The third-order valence-electron chi connectivity index (χ3n) is 6.36. The van der Waals surface area contributed by atoms with E-state index in [9.17, 15) is 14.4 Å². The topological polar surface area (TPSA) is 105 Å². The second kappa shape index (κ2) is 7.57. The number of hydrogen-bond acceptors (Lipinski definition) is 4. The number of hydrogen-bond donors (Lipinski definition) is 3. The van der Waals surface area contributed by atoms with Gasteiger partial charge in [0.25, 0.3) is 5.91 Å². The van der Waals surface area contributed by atoms with Crippen LogP contribution in [0.15, 0.2) is 54.6 Å². The molecule has 1 aliphatic carbocycles. The summed E-state index contributed by atoms with van der Waals surface area (Å²) >= 11 is 0. The van der Waals surface area contributed by atoms with Crippen LogP contribution in [-0.4, -0.2) is 29.8 Å². The minimum absolute atomic E-state index is 0.127. The van der Waals surface area contributed by atoms with Gasteiger partial charge in [-0.1, -0.05) is 55.3 Å². The van der Waals surface area contributed by atoms with Crippen molar-refractivity contribution in [1.82, 2.24) is 5.32 Å². The molecule has 0 radical (unpaired) electrons. The van der Waals surface area contributed by atoms with Gasteiger partial charge in [0.15, 0.2) is 0 Å². The quantitative estimate of drug-likeness (QED) is 0.708. The molecule has 1 atom stereocenters. The van der Waals surface area contributed by atoms with E-state index in [1.54, 1.807) is 30.0 Å². The van der Waals surface area contributed by atoms with Crippen LogP contribution < -0.4 is 21.3 Å². The first kappa shape index (κ1) is 20.1. The molecule has 2 aromatic rings. The van der Waals surface area contributed by atoms with E-state index < -0.39 is 17.0 Å². The predicted molar refractivity (Wildman–Crippen MR) is 115 cm³/mol. The highest BCUT2D eigenvalue weighted by molar-refractivity contribution is 6.15. The van der Waals surface area contributed by atoms with E-state index in [1.165, 1.54) is 0 Å². The zero-order valence-electron chi connectivity index (χ0n) is 17.0. The fraction of sp³-hybridized carbons (Fsp3) is 0.348. The molecule has 2 aliphatic rings. The smallest absolute Gasteiger partial charge is 0.250 e. The van der Waals surface area contributed by atoms with Gasteiger partial charge in [0.1, 0.15) is 11.1 Å². The summed E-state index contributed by atoms with van der Waals surface area (Å²) in [5.41, 5.74) is 5.58. The Balaban J connectivity index is 1.66. The van der Waals surface area contributed by atoms with Crippen LogP contribution in [0, 0.1) is 0 Å². The molecular formula is C23H26N4O3. The van der Waals surface area contributed by atoms with Crippen molar-refractivity contribution in [3.63, 3.8) is 0 Å². The van der Waals surface area contributed by atoms with E-state index in [1.807, 2.05) is 36.4 Å². The normalized spacial score (nSPS) is 19.1. The molecule has 0 bridgehead atoms. The Morgan fingerprint density at radius 2 is 1.73 bits per heavy atom. The molecule has 7 heteroatoms. The van der Waals surface area contributed by atoms with Crippen LogP contribution in [0.25, 0.3) is 0 Å². The Bertz CT molecular complexity index is 985. The lowest BCUT2D eigenvalue weighted by Gasteiger charge is -2.44.